The van der Waals surface area contributed by atoms with Crippen molar-refractivity contribution in [1.29, 1.82) is 0 Å². The minimum atomic E-state index is -0.143. The summed E-state index contributed by atoms with van der Waals surface area (Å²) in [6, 6.07) is -0.143. The number of carbonyl (C=O) groups is 1. The van der Waals surface area contributed by atoms with E-state index in [9.17, 15) is 4.79 Å². The first kappa shape index (κ1) is 10.5. The van der Waals surface area contributed by atoms with Crippen LogP contribution in [0.2, 0.25) is 0 Å². The Morgan fingerprint density at radius 3 is 3.00 bits per heavy atom. The van der Waals surface area contributed by atoms with Crippen molar-refractivity contribution in [3.8, 4) is 12.3 Å². The Bertz CT molecular complexity index is 215. The average molecular weight is 197 g/mol. The van der Waals surface area contributed by atoms with Gasteiger partial charge in [0.2, 0.25) is 5.91 Å². The molecule has 1 N–H and O–H groups in total. The smallest absolute Gasteiger partial charge is 0.234 e. The van der Waals surface area contributed by atoms with E-state index < -0.39 is 0 Å². The van der Waals surface area contributed by atoms with Crippen molar-refractivity contribution in [3.05, 3.63) is 0 Å². The van der Waals surface area contributed by atoms with Crippen molar-refractivity contribution < 1.29 is 4.79 Å². The Hall–Kier alpha value is -0.620. The predicted molar refractivity (Wildman–Crippen MR) is 56.5 cm³/mol. The molecular formula is C10H15NOS. The minimum Gasteiger partial charge on any atom is -0.342 e. The Balaban J connectivity index is 2.34. The largest absolute Gasteiger partial charge is 0.342 e. The monoisotopic (exact) mass is 197 g/mol. The summed E-state index contributed by atoms with van der Waals surface area (Å²) in [4.78, 5) is 11.5. The lowest BCUT2D eigenvalue weighted by Gasteiger charge is -2.21. The third kappa shape index (κ3) is 3.31. The molecule has 1 aliphatic rings. The van der Waals surface area contributed by atoms with Gasteiger partial charge in [0.05, 0.1) is 11.3 Å². The van der Waals surface area contributed by atoms with E-state index in [0.717, 1.165) is 18.6 Å². The van der Waals surface area contributed by atoms with Gasteiger partial charge in [-0.3, -0.25) is 4.79 Å². The molecule has 0 aromatic heterocycles. The van der Waals surface area contributed by atoms with E-state index in [2.05, 4.69) is 11.2 Å². The SMILES string of the molecule is C#CC(C)NC(=O)C1CCCCS1. The first-order valence-electron chi connectivity index (χ1n) is 4.62. The van der Waals surface area contributed by atoms with E-state index in [1.165, 1.54) is 6.42 Å². The lowest BCUT2D eigenvalue weighted by Crippen LogP contribution is -2.38. The van der Waals surface area contributed by atoms with Crippen LogP contribution < -0.4 is 5.32 Å². The molecule has 1 aliphatic heterocycles. The Labute approximate surface area is 83.9 Å². The standard InChI is InChI=1S/C10H15NOS/c1-3-8(2)11-10(12)9-6-4-5-7-13-9/h1,8-9H,4-7H2,2H3,(H,11,12). The summed E-state index contributed by atoms with van der Waals surface area (Å²) in [5.74, 6) is 3.70. The van der Waals surface area contributed by atoms with Gasteiger partial charge >= 0.3 is 0 Å². The van der Waals surface area contributed by atoms with E-state index in [1.54, 1.807) is 11.8 Å². The normalized spacial score (nSPS) is 24.5. The third-order valence-corrected chi connectivity index (χ3v) is 3.46. The summed E-state index contributed by atoms with van der Waals surface area (Å²) in [6.45, 7) is 1.82. The number of thioether (sulfide) groups is 1. The maximum Gasteiger partial charge on any atom is 0.234 e. The molecule has 1 fully saturated rings. The molecule has 1 saturated heterocycles. The molecule has 13 heavy (non-hydrogen) atoms. The van der Waals surface area contributed by atoms with Crippen LogP contribution in [0.25, 0.3) is 0 Å². The van der Waals surface area contributed by atoms with Gasteiger partial charge in [-0.15, -0.1) is 18.2 Å². The van der Waals surface area contributed by atoms with Crippen LogP contribution in [-0.4, -0.2) is 23.0 Å². The third-order valence-electron chi connectivity index (χ3n) is 2.08. The highest BCUT2D eigenvalue weighted by atomic mass is 32.2. The van der Waals surface area contributed by atoms with Crippen molar-refractivity contribution in [2.75, 3.05) is 5.75 Å². The second-order valence-electron chi connectivity index (χ2n) is 3.25. The summed E-state index contributed by atoms with van der Waals surface area (Å²) >= 11 is 1.74. The summed E-state index contributed by atoms with van der Waals surface area (Å²) in [5.41, 5.74) is 0. The number of rotatable bonds is 2. The van der Waals surface area contributed by atoms with E-state index in [1.807, 2.05) is 6.92 Å². The molecule has 2 unspecified atom stereocenters. The Kier molecular flexibility index (Phi) is 4.17. The zero-order valence-corrected chi connectivity index (χ0v) is 8.69. The van der Waals surface area contributed by atoms with Gasteiger partial charge in [0.1, 0.15) is 0 Å². The van der Waals surface area contributed by atoms with Crippen LogP contribution in [0.5, 0.6) is 0 Å². The molecule has 0 radical (unpaired) electrons. The first-order chi connectivity index (χ1) is 6.24. The topological polar surface area (TPSA) is 29.1 Å². The summed E-state index contributed by atoms with van der Waals surface area (Å²) in [6.07, 6.45) is 8.57. The fraction of sp³-hybridized carbons (Fsp3) is 0.700. The molecule has 0 spiro atoms. The molecule has 0 aromatic carbocycles. The van der Waals surface area contributed by atoms with Crippen LogP contribution in [0.1, 0.15) is 26.2 Å². The summed E-state index contributed by atoms with van der Waals surface area (Å²) < 4.78 is 0. The lowest BCUT2D eigenvalue weighted by molar-refractivity contribution is -0.121. The predicted octanol–water partition coefficient (Wildman–Crippen LogP) is 1.41. The number of hydrogen-bond donors (Lipinski definition) is 1. The van der Waals surface area contributed by atoms with Crippen molar-refractivity contribution >= 4 is 17.7 Å². The molecule has 3 heteroatoms. The van der Waals surface area contributed by atoms with Gasteiger partial charge in [-0.05, 0) is 25.5 Å². The molecular weight excluding hydrogens is 182 g/mol. The zero-order valence-electron chi connectivity index (χ0n) is 7.88. The number of nitrogens with one attached hydrogen (secondary N) is 1. The molecule has 1 rings (SSSR count). The quantitative estimate of drug-likeness (QED) is 0.678. The second-order valence-corrected chi connectivity index (χ2v) is 4.56. The van der Waals surface area contributed by atoms with E-state index in [-0.39, 0.29) is 17.2 Å². The Morgan fingerprint density at radius 1 is 1.69 bits per heavy atom. The van der Waals surface area contributed by atoms with Gasteiger partial charge in [0.15, 0.2) is 0 Å². The number of amides is 1. The number of terminal acetylenes is 1. The molecule has 72 valence electrons. The van der Waals surface area contributed by atoms with Crippen LogP contribution >= 0.6 is 11.8 Å². The van der Waals surface area contributed by atoms with Gasteiger partial charge in [-0.1, -0.05) is 12.3 Å². The van der Waals surface area contributed by atoms with Crippen LogP contribution in [0.15, 0.2) is 0 Å². The van der Waals surface area contributed by atoms with Gasteiger partial charge in [-0.2, -0.15) is 0 Å². The maximum atomic E-state index is 11.5. The van der Waals surface area contributed by atoms with Crippen LogP contribution in [-0.2, 0) is 4.79 Å². The molecule has 0 saturated carbocycles. The van der Waals surface area contributed by atoms with Gasteiger partial charge in [0.25, 0.3) is 0 Å². The minimum absolute atomic E-state index is 0.107. The first-order valence-corrected chi connectivity index (χ1v) is 5.67. The zero-order chi connectivity index (χ0) is 9.68. The van der Waals surface area contributed by atoms with Gasteiger partial charge in [0, 0.05) is 0 Å². The van der Waals surface area contributed by atoms with E-state index in [0.29, 0.717) is 0 Å². The fourth-order valence-electron chi connectivity index (χ4n) is 1.30. The fourth-order valence-corrected chi connectivity index (χ4v) is 2.50. The van der Waals surface area contributed by atoms with Gasteiger partial charge < -0.3 is 5.32 Å². The highest BCUT2D eigenvalue weighted by Gasteiger charge is 2.21. The summed E-state index contributed by atoms with van der Waals surface area (Å²) in [7, 11) is 0. The van der Waals surface area contributed by atoms with E-state index >= 15 is 0 Å². The second kappa shape index (κ2) is 5.18. The van der Waals surface area contributed by atoms with Gasteiger partial charge in [-0.25, -0.2) is 0 Å². The summed E-state index contributed by atoms with van der Waals surface area (Å²) in [5, 5.41) is 2.93. The van der Waals surface area contributed by atoms with Crippen molar-refractivity contribution in [2.24, 2.45) is 0 Å². The highest BCUT2D eigenvalue weighted by molar-refractivity contribution is 8.00. The molecule has 2 atom stereocenters. The Morgan fingerprint density at radius 2 is 2.46 bits per heavy atom. The molecule has 2 nitrogen and oxygen atoms in total. The van der Waals surface area contributed by atoms with Crippen molar-refractivity contribution in [3.63, 3.8) is 0 Å². The van der Waals surface area contributed by atoms with Crippen LogP contribution in [0.3, 0.4) is 0 Å². The van der Waals surface area contributed by atoms with E-state index in [4.69, 9.17) is 6.42 Å². The molecule has 0 aliphatic carbocycles. The molecule has 0 aromatic rings. The van der Waals surface area contributed by atoms with Crippen molar-refractivity contribution in [1.82, 2.24) is 5.32 Å². The molecule has 1 heterocycles. The number of hydrogen-bond acceptors (Lipinski definition) is 2. The molecule has 1 amide bonds. The van der Waals surface area contributed by atoms with Crippen molar-refractivity contribution in [2.45, 2.75) is 37.5 Å². The molecule has 0 bridgehead atoms. The number of carbonyl (C=O) groups excluding carboxylic acids is 1. The van der Waals surface area contributed by atoms with Crippen LogP contribution in [0, 0.1) is 12.3 Å². The highest BCUT2D eigenvalue weighted by Crippen LogP contribution is 2.24. The maximum absolute atomic E-state index is 11.5. The lowest BCUT2D eigenvalue weighted by atomic mass is 10.1. The average Bonchev–Trinajstić information content (AvgIpc) is 2.19. The van der Waals surface area contributed by atoms with Crippen LogP contribution in [0.4, 0.5) is 0 Å².